The van der Waals surface area contributed by atoms with E-state index in [0.29, 0.717) is 19.8 Å². The molecule has 0 amide bonds. The number of esters is 1. The number of rotatable bonds is 11. The van der Waals surface area contributed by atoms with E-state index < -0.39 is 18.2 Å². The Morgan fingerprint density at radius 2 is 1.77 bits per heavy atom. The Balaban J connectivity index is 2.45. The first-order chi connectivity index (χ1) is 12.4. The summed E-state index contributed by atoms with van der Waals surface area (Å²) in [7, 11) is 0. The monoisotopic (exact) mass is 364 g/mol. The molecule has 26 heavy (non-hydrogen) atoms. The zero-order valence-corrected chi connectivity index (χ0v) is 16.2. The van der Waals surface area contributed by atoms with E-state index in [4.69, 9.17) is 9.47 Å². The van der Waals surface area contributed by atoms with Gasteiger partial charge in [-0.25, -0.2) is 4.79 Å². The summed E-state index contributed by atoms with van der Waals surface area (Å²) < 4.78 is 10.5. The number of aliphatic hydroxyl groups excluding tert-OH is 2. The molecule has 0 fully saturated rings. The number of carbonyl (C=O) groups excluding carboxylic acids is 1. The summed E-state index contributed by atoms with van der Waals surface area (Å²) in [4.78, 5) is 11.4. The van der Waals surface area contributed by atoms with Crippen LogP contribution in [0.2, 0.25) is 0 Å². The molecule has 146 valence electrons. The lowest BCUT2D eigenvalue weighted by molar-refractivity contribution is -0.137. The van der Waals surface area contributed by atoms with Crippen molar-refractivity contribution in [3.05, 3.63) is 48.0 Å². The van der Waals surface area contributed by atoms with Gasteiger partial charge in [-0.2, -0.15) is 0 Å². The van der Waals surface area contributed by atoms with E-state index in [9.17, 15) is 15.0 Å². The summed E-state index contributed by atoms with van der Waals surface area (Å²) in [6.45, 7) is 8.46. The van der Waals surface area contributed by atoms with E-state index in [1.807, 2.05) is 37.3 Å². The molecule has 0 saturated heterocycles. The number of hydrogen-bond donors (Lipinski definition) is 2. The first kappa shape index (κ1) is 22.4. The fourth-order valence-electron chi connectivity index (χ4n) is 2.77. The highest BCUT2D eigenvalue weighted by atomic mass is 16.5. The number of carbonyl (C=O) groups is 1. The molecular formula is C21H32O5. The predicted molar refractivity (Wildman–Crippen MR) is 101 cm³/mol. The topological polar surface area (TPSA) is 76.0 Å². The van der Waals surface area contributed by atoms with Crippen LogP contribution < -0.4 is 0 Å². The maximum absolute atomic E-state index is 11.4. The van der Waals surface area contributed by atoms with Gasteiger partial charge >= 0.3 is 5.97 Å². The second-order valence-electron chi connectivity index (χ2n) is 6.79. The van der Waals surface area contributed by atoms with E-state index in [2.05, 4.69) is 0 Å². The van der Waals surface area contributed by atoms with Crippen molar-refractivity contribution in [1.29, 1.82) is 0 Å². The van der Waals surface area contributed by atoms with Crippen LogP contribution in [0, 0.1) is 17.8 Å². The molecule has 0 radical (unpaired) electrons. The Morgan fingerprint density at radius 1 is 1.12 bits per heavy atom. The van der Waals surface area contributed by atoms with Crippen molar-refractivity contribution in [3.8, 4) is 0 Å². The highest BCUT2D eigenvalue weighted by molar-refractivity contribution is 5.81. The van der Waals surface area contributed by atoms with Gasteiger partial charge in [0.15, 0.2) is 0 Å². The van der Waals surface area contributed by atoms with Crippen LogP contribution >= 0.6 is 0 Å². The summed E-state index contributed by atoms with van der Waals surface area (Å²) in [5.74, 6) is -1.18. The summed E-state index contributed by atoms with van der Waals surface area (Å²) in [5.41, 5.74) is 1.08. The smallest absolute Gasteiger partial charge is 0.330 e. The van der Waals surface area contributed by atoms with Gasteiger partial charge in [-0.1, -0.05) is 57.2 Å². The molecule has 0 bridgehead atoms. The van der Waals surface area contributed by atoms with Crippen LogP contribution in [-0.2, 0) is 20.9 Å². The van der Waals surface area contributed by atoms with E-state index in [1.54, 1.807) is 26.8 Å². The van der Waals surface area contributed by atoms with Gasteiger partial charge in [-0.3, -0.25) is 0 Å². The van der Waals surface area contributed by atoms with Gasteiger partial charge in [0.2, 0.25) is 0 Å². The Kier molecular flexibility index (Phi) is 10.2. The lowest BCUT2D eigenvalue weighted by Gasteiger charge is -2.30. The maximum atomic E-state index is 11.4. The Morgan fingerprint density at radius 3 is 2.38 bits per heavy atom. The molecular weight excluding hydrogens is 332 g/mol. The number of aliphatic hydroxyl groups is 2. The third-order valence-corrected chi connectivity index (χ3v) is 4.51. The molecule has 5 atom stereocenters. The minimum absolute atomic E-state index is 0.121. The fraction of sp³-hybridized carbons (Fsp3) is 0.571. The average molecular weight is 364 g/mol. The molecule has 0 saturated carbocycles. The molecule has 1 aromatic rings. The predicted octanol–water partition coefficient (Wildman–Crippen LogP) is 2.95. The zero-order chi connectivity index (χ0) is 19.5. The van der Waals surface area contributed by atoms with E-state index in [-0.39, 0.29) is 17.8 Å². The molecule has 0 aliphatic carbocycles. The first-order valence-electron chi connectivity index (χ1n) is 9.19. The molecule has 0 aliphatic heterocycles. The summed E-state index contributed by atoms with van der Waals surface area (Å²) in [6, 6.07) is 9.85. The average Bonchev–Trinajstić information content (AvgIpc) is 2.65. The molecule has 5 nitrogen and oxygen atoms in total. The lowest BCUT2D eigenvalue weighted by Crippen LogP contribution is -2.38. The van der Waals surface area contributed by atoms with Crippen molar-refractivity contribution in [2.45, 2.75) is 46.5 Å². The van der Waals surface area contributed by atoms with Crippen molar-refractivity contribution >= 4 is 5.97 Å². The van der Waals surface area contributed by atoms with Gasteiger partial charge in [0.25, 0.3) is 0 Å². The maximum Gasteiger partial charge on any atom is 0.330 e. The Hall–Kier alpha value is -1.69. The number of benzene rings is 1. The largest absolute Gasteiger partial charge is 0.463 e. The minimum atomic E-state index is -0.771. The van der Waals surface area contributed by atoms with E-state index in [0.717, 1.165) is 5.56 Å². The van der Waals surface area contributed by atoms with Crippen molar-refractivity contribution in [1.82, 2.24) is 0 Å². The standard InChI is InChI=1S/C21H32O5/c1-5-26-19(22)12-11-15(2)20(23)17(4)21(24)16(3)13-25-14-18-9-7-6-8-10-18/h6-12,15-17,20-21,23-24H,5,13-14H2,1-4H3/b12-11+/t15-,16-,17-,20-,21-/m0/s1. The van der Waals surface area contributed by atoms with Crippen LogP contribution in [-0.4, -0.2) is 41.6 Å². The summed E-state index contributed by atoms with van der Waals surface area (Å²) >= 11 is 0. The van der Waals surface area contributed by atoms with E-state index in [1.165, 1.54) is 6.08 Å². The second kappa shape index (κ2) is 11.8. The van der Waals surface area contributed by atoms with Gasteiger partial charge < -0.3 is 19.7 Å². The summed E-state index contributed by atoms with van der Waals surface area (Å²) in [6.07, 6.45) is 1.46. The van der Waals surface area contributed by atoms with Gasteiger partial charge in [0.05, 0.1) is 32.0 Å². The van der Waals surface area contributed by atoms with Gasteiger partial charge in [0, 0.05) is 23.8 Å². The molecule has 2 N–H and O–H groups in total. The van der Waals surface area contributed by atoms with Gasteiger partial charge in [-0.05, 0) is 12.5 Å². The first-order valence-corrected chi connectivity index (χ1v) is 9.19. The molecule has 0 aromatic heterocycles. The second-order valence-corrected chi connectivity index (χ2v) is 6.79. The number of ether oxygens (including phenoxy) is 2. The molecule has 0 aliphatic rings. The Bertz CT molecular complexity index is 543. The van der Waals surface area contributed by atoms with Crippen molar-refractivity contribution in [2.24, 2.45) is 17.8 Å². The molecule has 0 unspecified atom stereocenters. The van der Waals surface area contributed by atoms with Crippen LogP contribution in [0.5, 0.6) is 0 Å². The SMILES string of the molecule is CCOC(=O)/C=C/[C@H](C)[C@H](O)[C@H](C)[C@@H](O)[C@@H](C)COCc1ccccc1. The van der Waals surface area contributed by atoms with Crippen molar-refractivity contribution < 1.29 is 24.5 Å². The van der Waals surface area contributed by atoms with Crippen molar-refractivity contribution in [2.75, 3.05) is 13.2 Å². The molecule has 1 aromatic carbocycles. The third kappa shape index (κ3) is 7.68. The highest BCUT2D eigenvalue weighted by Gasteiger charge is 2.29. The van der Waals surface area contributed by atoms with Crippen LogP contribution in [0.4, 0.5) is 0 Å². The molecule has 1 rings (SSSR count). The lowest BCUT2D eigenvalue weighted by atomic mass is 9.84. The summed E-state index contributed by atoms with van der Waals surface area (Å²) in [5, 5.41) is 21.0. The van der Waals surface area contributed by atoms with E-state index >= 15 is 0 Å². The Labute approximate surface area is 156 Å². The van der Waals surface area contributed by atoms with Crippen LogP contribution in [0.1, 0.15) is 33.3 Å². The molecule has 5 heteroatoms. The zero-order valence-electron chi connectivity index (χ0n) is 16.2. The van der Waals surface area contributed by atoms with Crippen molar-refractivity contribution in [3.63, 3.8) is 0 Å². The fourth-order valence-corrected chi connectivity index (χ4v) is 2.77. The minimum Gasteiger partial charge on any atom is -0.463 e. The van der Waals surface area contributed by atoms with Crippen LogP contribution in [0.3, 0.4) is 0 Å². The molecule has 0 heterocycles. The number of hydrogen-bond acceptors (Lipinski definition) is 5. The van der Waals surface area contributed by atoms with Crippen LogP contribution in [0.15, 0.2) is 42.5 Å². The quantitative estimate of drug-likeness (QED) is 0.466. The van der Waals surface area contributed by atoms with Crippen LogP contribution in [0.25, 0.3) is 0 Å². The third-order valence-electron chi connectivity index (χ3n) is 4.51. The van der Waals surface area contributed by atoms with Gasteiger partial charge in [-0.15, -0.1) is 0 Å². The highest BCUT2D eigenvalue weighted by Crippen LogP contribution is 2.22. The normalized spacial score (nSPS) is 17.5. The molecule has 0 spiro atoms. The van der Waals surface area contributed by atoms with Gasteiger partial charge in [0.1, 0.15) is 0 Å².